The number of hydrogen-bond donors (Lipinski definition) is 0. The van der Waals surface area contributed by atoms with Gasteiger partial charge in [0, 0.05) is 90.4 Å². The number of carbonyl (C=O) groups is 3. The Kier molecular flexibility index (Phi) is 16.5. The van der Waals surface area contributed by atoms with Gasteiger partial charge in [0.05, 0.1) is 34.8 Å². The second-order valence-electron chi connectivity index (χ2n) is 27.0. The first kappa shape index (κ1) is 58.9. The molecule has 6 heterocycles. The van der Waals surface area contributed by atoms with E-state index in [0.717, 1.165) is 72.8 Å². The summed E-state index contributed by atoms with van der Waals surface area (Å²) in [4.78, 5) is 63.1. The van der Waals surface area contributed by atoms with E-state index in [2.05, 4.69) is 56.6 Å². The summed E-state index contributed by atoms with van der Waals surface area (Å²) in [5, 5.41) is 0. The lowest BCUT2D eigenvalue weighted by Gasteiger charge is -2.46. The fourth-order valence-corrected chi connectivity index (χ4v) is 14.9. The summed E-state index contributed by atoms with van der Waals surface area (Å²) in [5.41, 5.74) is 3.78. The van der Waals surface area contributed by atoms with E-state index in [-0.39, 0.29) is 66.9 Å². The van der Waals surface area contributed by atoms with Crippen LogP contribution in [-0.2, 0) is 48.8 Å². The third-order valence-electron chi connectivity index (χ3n) is 19.1. The molecule has 1 aliphatic carbocycles. The van der Waals surface area contributed by atoms with Gasteiger partial charge in [-0.05, 0) is 163 Å². The van der Waals surface area contributed by atoms with Crippen LogP contribution >= 0.6 is 0 Å². The number of ether oxygens (including phenoxy) is 3. The third-order valence-corrected chi connectivity index (χ3v) is 20.8. The maximum absolute atomic E-state index is 16.3. The molecule has 0 bridgehead atoms. The number of aromatic nitrogens is 2. The van der Waals surface area contributed by atoms with Crippen molar-refractivity contribution in [1.29, 1.82) is 0 Å². The van der Waals surface area contributed by atoms with Crippen LogP contribution in [0.15, 0.2) is 65.5 Å². The van der Waals surface area contributed by atoms with Gasteiger partial charge in [0.25, 0.3) is 5.91 Å². The Balaban J connectivity index is 0.772. The maximum atomic E-state index is 16.3. The number of piperidine rings is 2. The lowest BCUT2D eigenvalue weighted by atomic mass is 9.67. The minimum atomic E-state index is -4.44. The van der Waals surface area contributed by atoms with Crippen molar-refractivity contribution in [3.05, 3.63) is 99.2 Å². The Morgan fingerprint density at radius 2 is 1.65 bits per heavy atom. The first-order valence-corrected chi connectivity index (χ1v) is 33.3. The highest BCUT2D eigenvalue weighted by molar-refractivity contribution is 6.76. The van der Waals surface area contributed by atoms with E-state index in [4.69, 9.17) is 14.2 Å². The molecule has 4 aromatic rings. The van der Waals surface area contributed by atoms with Gasteiger partial charge in [-0.1, -0.05) is 56.0 Å². The minimum absolute atomic E-state index is 0.0286. The Bertz CT molecular complexity index is 3100. The van der Waals surface area contributed by atoms with Crippen LogP contribution in [0.5, 0.6) is 5.75 Å². The number of imide groups is 1. The second-order valence-corrected chi connectivity index (χ2v) is 32.6. The van der Waals surface area contributed by atoms with Crippen molar-refractivity contribution in [2.24, 2.45) is 16.7 Å². The van der Waals surface area contributed by atoms with Crippen LogP contribution in [0.2, 0.25) is 25.7 Å². The number of halogens is 4. The lowest BCUT2D eigenvalue weighted by Crippen LogP contribution is -2.50. The Morgan fingerprint density at radius 1 is 0.901 bits per heavy atom. The van der Waals surface area contributed by atoms with Gasteiger partial charge in [0.15, 0.2) is 0 Å². The normalized spacial score (nSPS) is 23.3. The van der Waals surface area contributed by atoms with Crippen LogP contribution in [0.1, 0.15) is 127 Å². The highest BCUT2D eigenvalue weighted by Gasteiger charge is 2.49. The van der Waals surface area contributed by atoms with Gasteiger partial charge in [0.2, 0.25) is 11.8 Å². The molecule has 0 N–H and O–H groups in total. The number of methoxy groups -OCH3 is 1. The SMILES string of the molecule is COc1ccc([C@]2(CCN(Cc3ccc(C4=CC[C@H](C(=O)N5CCC6(CCc7ccc8c9c7N(CCn9c(=O)n8C7CCC(=O)N(COCC[Si](C)(C)C)C7=O)C6)CC5)CC4)c(F)c3)CC(C)(C)C(F)(F)F)CCOC(C)(C)C2)cc1. The quantitative estimate of drug-likeness (QED) is 0.0441. The van der Waals surface area contributed by atoms with Crippen molar-refractivity contribution in [3.8, 4) is 5.75 Å². The van der Waals surface area contributed by atoms with Crippen molar-refractivity contribution >= 4 is 48.1 Å². The smallest absolute Gasteiger partial charge is 0.395 e. The summed E-state index contributed by atoms with van der Waals surface area (Å²) in [6, 6.07) is 17.2. The van der Waals surface area contributed by atoms with Gasteiger partial charge in [-0.25, -0.2) is 9.18 Å². The van der Waals surface area contributed by atoms with Crippen LogP contribution in [0, 0.1) is 22.6 Å². The maximum Gasteiger partial charge on any atom is 0.395 e. The fourth-order valence-electron chi connectivity index (χ4n) is 14.2. The molecule has 1 spiro atoms. The number of imidazole rings is 1. The summed E-state index contributed by atoms with van der Waals surface area (Å²) in [7, 11) is 0.247. The van der Waals surface area contributed by atoms with Gasteiger partial charge in [-0.15, -0.1) is 0 Å². The van der Waals surface area contributed by atoms with Crippen LogP contribution < -0.4 is 15.3 Å². The number of rotatable bonds is 17. The number of hydrogen-bond acceptors (Lipinski definition) is 9. The Hall–Kier alpha value is -5.30. The van der Waals surface area contributed by atoms with Gasteiger partial charge in [0.1, 0.15) is 24.3 Å². The first-order valence-electron chi connectivity index (χ1n) is 29.6. The predicted octanol–water partition coefficient (Wildman–Crippen LogP) is 11.5. The number of likely N-dealkylation sites (tertiary alicyclic amines) is 2. The largest absolute Gasteiger partial charge is 0.497 e. The van der Waals surface area contributed by atoms with Gasteiger partial charge in [-0.2, -0.15) is 13.2 Å². The van der Waals surface area contributed by atoms with E-state index < -0.39 is 43.0 Å². The summed E-state index contributed by atoms with van der Waals surface area (Å²) in [5.74, 6) is -0.432. The van der Waals surface area contributed by atoms with Gasteiger partial charge >= 0.3 is 11.9 Å². The molecule has 81 heavy (non-hydrogen) atoms. The van der Waals surface area contributed by atoms with Crippen molar-refractivity contribution in [2.45, 2.75) is 167 Å². The molecule has 0 radical (unpaired) electrons. The molecule has 10 rings (SSSR count). The number of nitrogens with zero attached hydrogens (tertiary/aromatic N) is 6. The van der Waals surface area contributed by atoms with E-state index in [1.54, 1.807) is 17.7 Å². The van der Waals surface area contributed by atoms with Gasteiger partial charge < -0.3 is 24.0 Å². The van der Waals surface area contributed by atoms with E-state index in [1.807, 2.05) is 44.7 Å². The number of anilines is 1. The molecule has 3 aromatic carbocycles. The number of aryl methyl sites for hydroxylation is 1. The molecule has 3 saturated heterocycles. The molecule has 5 aliphatic heterocycles. The highest BCUT2D eigenvalue weighted by Crippen LogP contribution is 2.48. The standard InChI is InChI=1S/C63H84F4N6O7Si/c1-59(2,63(65,66)67)40-68(29-27-62(28-34-80-60(3,4)39-62)47-15-17-48(78-5)18-16-47)38-43-9-19-49(50(64)37-43)44-10-12-46(13-11-44)56(75)69-30-25-61(26-31-69)24-23-45-14-20-51-55-54(45)70(41-61)32-33-71(55)58(77)73(51)52-21-22-53(74)72(57(52)76)42-79-35-36-81(6,7)8/h9-10,14-20,37,46,52H,11-13,21-36,38-42H2,1-8H3/t46-,52?,62+/m0/s1. The zero-order valence-corrected chi connectivity index (χ0v) is 50.0. The average Bonchev–Trinajstić information content (AvgIpc) is 2.54. The molecule has 3 amide bonds. The molecule has 440 valence electrons. The first-order chi connectivity index (χ1) is 38.3. The molecule has 3 fully saturated rings. The van der Waals surface area contributed by atoms with Gasteiger partial charge in [-0.3, -0.25) is 33.3 Å². The second kappa shape index (κ2) is 22.7. The average molecular weight is 1140 g/mol. The minimum Gasteiger partial charge on any atom is -0.497 e. The van der Waals surface area contributed by atoms with E-state index in [9.17, 15) is 32.3 Å². The molecule has 0 saturated carbocycles. The number of amides is 3. The summed E-state index contributed by atoms with van der Waals surface area (Å²) in [6.45, 7) is 17.7. The molecule has 18 heteroatoms. The Labute approximate surface area is 475 Å². The fraction of sp³-hybridized carbons (Fsp3) is 0.619. The van der Waals surface area contributed by atoms with E-state index >= 15 is 4.39 Å². The molecular formula is C63H84F4N6O7Si. The molecule has 3 atom stereocenters. The molecule has 6 aliphatic rings. The van der Waals surface area contributed by atoms with Crippen LogP contribution in [-0.4, -0.2) is 128 Å². The van der Waals surface area contributed by atoms with E-state index in [1.165, 1.54) is 30.4 Å². The molecule has 13 nitrogen and oxygen atoms in total. The summed E-state index contributed by atoms with van der Waals surface area (Å²) < 4.78 is 80.7. The number of alkyl halides is 3. The summed E-state index contributed by atoms with van der Waals surface area (Å²) >= 11 is 0. The van der Waals surface area contributed by atoms with Crippen molar-refractivity contribution in [3.63, 3.8) is 0 Å². The topological polar surface area (TPSA) is 119 Å². The third kappa shape index (κ3) is 12.2. The monoisotopic (exact) mass is 1140 g/mol. The van der Waals surface area contributed by atoms with Crippen molar-refractivity contribution in [2.75, 3.05) is 71.2 Å². The van der Waals surface area contributed by atoms with Crippen molar-refractivity contribution in [1.82, 2.24) is 23.8 Å². The van der Waals surface area contributed by atoms with Crippen LogP contribution in [0.25, 0.3) is 16.6 Å². The highest BCUT2D eigenvalue weighted by atomic mass is 28.3. The predicted molar refractivity (Wildman–Crippen MR) is 309 cm³/mol. The number of carbonyl (C=O) groups excluding carboxylic acids is 3. The molecule has 1 unspecified atom stereocenters. The zero-order valence-electron chi connectivity index (χ0n) is 49.0. The zero-order chi connectivity index (χ0) is 57.9. The van der Waals surface area contributed by atoms with Crippen LogP contribution in [0.3, 0.4) is 0 Å². The molecular weight excluding hydrogens is 1060 g/mol. The molecule has 1 aromatic heterocycles. The van der Waals surface area contributed by atoms with E-state index in [0.29, 0.717) is 94.7 Å². The van der Waals surface area contributed by atoms with Crippen molar-refractivity contribution < 1.29 is 46.2 Å². The summed E-state index contributed by atoms with van der Waals surface area (Å²) in [6.07, 6.45) is 5.12. The number of allylic oxidation sites excluding steroid dienone is 2. The Morgan fingerprint density at radius 3 is 2.32 bits per heavy atom. The number of benzene rings is 3. The van der Waals surface area contributed by atoms with Crippen LogP contribution in [0.4, 0.5) is 23.2 Å². The lowest BCUT2D eigenvalue weighted by molar-refractivity contribution is -0.217.